The van der Waals surface area contributed by atoms with Gasteiger partial charge in [-0.15, -0.1) is 0 Å². The van der Waals surface area contributed by atoms with Crippen LogP contribution in [-0.2, 0) is 13.5 Å². The van der Waals surface area contributed by atoms with Crippen LogP contribution in [0.1, 0.15) is 25.2 Å². The molecule has 3 nitrogen and oxygen atoms in total. The Hall–Kier alpha value is -1.77. The standard InChI is InChI=1S/C15H21N3/c1-10(2)9-12-5-7-13(8-6-12)14-15(16)18(4)11(3)17-14/h5-8,10H,9,16H2,1-4H3. The van der Waals surface area contributed by atoms with Crippen molar-refractivity contribution >= 4 is 5.82 Å². The van der Waals surface area contributed by atoms with Crippen LogP contribution < -0.4 is 5.73 Å². The summed E-state index contributed by atoms with van der Waals surface area (Å²) in [5, 5.41) is 0. The van der Waals surface area contributed by atoms with Gasteiger partial charge in [0.1, 0.15) is 17.3 Å². The summed E-state index contributed by atoms with van der Waals surface area (Å²) in [6, 6.07) is 8.54. The van der Waals surface area contributed by atoms with Crippen LogP contribution in [0.5, 0.6) is 0 Å². The Labute approximate surface area is 109 Å². The van der Waals surface area contributed by atoms with E-state index in [4.69, 9.17) is 5.73 Å². The van der Waals surface area contributed by atoms with E-state index in [1.165, 1.54) is 5.56 Å². The molecule has 2 rings (SSSR count). The Balaban J connectivity index is 2.31. The van der Waals surface area contributed by atoms with Gasteiger partial charge in [0.05, 0.1) is 0 Å². The highest BCUT2D eigenvalue weighted by atomic mass is 15.1. The zero-order chi connectivity index (χ0) is 13.3. The van der Waals surface area contributed by atoms with Crippen molar-refractivity contribution in [1.29, 1.82) is 0 Å². The third-order valence-electron chi connectivity index (χ3n) is 3.23. The summed E-state index contributed by atoms with van der Waals surface area (Å²) < 4.78 is 1.91. The SMILES string of the molecule is Cc1nc(-c2ccc(CC(C)C)cc2)c(N)n1C. The number of nitrogens with two attached hydrogens (primary N) is 1. The highest BCUT2D eigenvalue weighted by Gasteiger charge is 2.10. The van der Waals surface area contributed by atoms with Gasteiger partial charge in [-0.3, -0.25) is 0 Å². The highest BCUT2D eigenvalue weighted by Crippen LogP contribution is 2.25. The number of anilines is 1. The van der Waals surface area contributed by atoms with E-state index in [9.17, 15) is 0 Å². The molecule has 1 aromatic carbocycles. The fraction of sp³-hybridized carbons (Fsp3) is 0.400. The van der Waals surface area contributed by atoms with E-state index in [1.54, 1.807) is 0 Å². The first-order chi connectivity index (χ1) is 8.49. The third-order valence-corrected chi connectivity index (χ3v) is 3.23. The van der Waals surface area contributed by atoms with Crippen LogP contribution in [0, 0.1) is 12.8 Å². The van der Waals surface area contributed by atoms with Gasteiger partial charge in [0.15, 0.2) is 0 Å². The van der Waals surface area contributed by atoms with Crippen LogP contribution >= 0.6 is 0 Å². The minimum atomic E-state index is 0.679. The number of benzene rings is 1. The topological polar surface area (TPSA) is 43.8 Å². The lowest BCUT2D eigenvalue weighted by Crippen LogP contribution is -1.98. The molecule has 0 bridgehead atoms. The van der Waals surface area contributed by atoms with Gasteiger partial charge in [-0.1, -0.05) is 38.1 Å². The molecule has 0 saturated carbocycles. The van der Waals surface area contributed by atoms with E-state index < -0.39 is 0 Å². The van der Waals surface area contributed by atoms with E-state index in [0.717, 1.165) is 29.3 Å². The molecule has 2 N–H and O–H groups in total. The normalized spacial score (nSPS) is 11.2. The summed E-state index contributed by atoms with van der Waals surface area (Å²) in [7, 11) is 1.94. The molecule has 0 unspecified atom stereocenters. The molecule has 0 atom stereocenters. The molecule has 1 aromatic heterocycles. The van der Waals surface area contributed by atoms with Gasteiger partial charge >= 0.3 is 0 Å². The van der Waals surface area contributed by atoms with E-state index in [-0.39, 0.29) is 0 Å². The van der Waals surface area contributed by atoms with Crippen molar-refractivity contribution in [2.24, 2.45) is 13.0 Å². The second kappa shape index (κ2) is 4.84. The molecule has 2 aromatic rings. The Morgan fingerprint density at radius 1 is 1.22 bits per heavy atom. The van der Waals surface area contributed by atoms with Crippen molar-refractivity contribution in [2.75, 3.05) is 5.73 Å². The van der Waals surface area contributed by atoms with Gasteiger partial charge < -0.3 is 10.3 Å². The number of imidazole rings is 1. The number of rotatable bonds is 3. The first-order valence-electron chi connectivity index (χ1n) is 6.37. The molecule has 0 aliphatic heterocycles. The highest BCUT2D eigenvalue weighted by molar-refractivity contribution is 5.71. The predicted molar refractivity (Wildman–Crippen MR) is 76.3 cm³/mol. The molecule has 0 amide bonds. The monoisotopic (exact) mass is 243 g/mol. The second-order valence-corrected chi connectivity index (χ2v) is 5.25. The lowest BCUT2D eigenvalue weighted by atomic mass is 10.0. The van der Waals surface area contributed by atoms with Gasteiger partial charge in [-0.05, 0) is 24.8 Å². The van der Waals surface area contributed by atoms with Crippen LogP contribution in [0.15, 0.2) is 24.3 Å². The molecule has 0 aliphatic rings. The lowest BCUT2D eigenvalue weighted by Gasteiger charge is -2.06. The quantitative estimate of drug-likeness (QED) is 0.899. The van der Waals surface area contributed by atoms with Gasteiger partial charge in [-0.2, -0.15) is 0 Å². The van der Waals surface area contributed by atoms with E-state index in [0.29, 0.717) is 5.92 Å². The zero-order valence-corrected chi connectivity index (χ0v) is 11.6. The fourth-order valence-corrected chi connectivity index (χ4v) is 2.11. The molecule has 0 spiro atoms. The fourth-order valence-electron chi connectivity index (χ4n) is 2.11. The Morgan fingerprint density at radius 2 is 1.83 bits per heavy atom. The smallest absolute Gasteiger partial charge is 0.131 e. The summed E-state index contributed by atoms with van der Waals surface area (Å²) in [6.07, 6.45) is 1.11. The number of nitrogens with zero attached hydrogens (tertiary/aromatic N) is 2. The average molecular weight is 243 g/mol. The van der Waals surface area contributed by atoms with Gasteiger partial charge in [0, 0.05) is 12.6 Å². The minimum Gasteiger partial charge on any atom is -0.383 e. The van der Waals surface area contributed by atoms with Crippen molar-refractivity contribution < 1.29 is 0 Å². The molecule has 0 radical (unpaired) electrons. The van der Waals surface area contributed by atoms with Gasteiger partial charge in [0.25, 0.3) is 0 Å². The number of hydrogen-bond donors (Lipinski definition) is 1. The van der Waals surface area contributed by atoms with Crippen molar-refractivity contribution in [1.82, 2.24) is 9.55 Å². The summed E-state index contributed by atoms with van der Waals surface area (Å²) in [6.45, 7) is 6.43. The van der Waals surface area contributed by atoms with Crippen LogP contribution in [-0.4, -0.2) is 9.55 Å². The Kier molecular flexibility index (Phi) is 3.41. The van der Waals surface area contributed by atoms with Gasteiger partial charge in [-0.25, -0.2) is 4.98 Å². The zero-order valence-electron chi connectivity index (χ0n) is 11.6. The minimum absolute atomic E-state index is 0.679. The number of hydrogen-bond acceptors (Lipinski definition) is 2. The number of nitrogen functional groups attached to an aromatic ring is 1. The third kappa shape index (κ3) is 2.40. The average Bonchev–Trinajstić information content (AvgIpc) is 2.57. The molecule has 1 heterocycles. The maximum Gasteiger partial charge on any atom is 0.131 e. The molecule has 96 valence electrons. The lowest BCUT2D eigenvalue weighted by molar-refractivity contribution is 0.647. The first kappa shape index (κ1) is 12.7. The summed E-state index contributed by atoms with van der Waals surface area (Å²) in [5.41, 5.74) is 9.38. The second-order valence-electron chi connectivity index (χ2n) is 5.25. The molecular formula is C15H21N3. The van der Waals surface area contributed by atoms with Crippen LogP contribution in [0.2, 0.25) is 0 Å². The van der Waals surface area contributed by atoms with Crippen molar-refractivity contribution in [3.63, 3.8) is 0 Å². The Bertz CT molecular complexity index is 536. The van der Waals surface area contributed by atoms with Crippen molar-refractivity contribution in [3.05, 3.63) is 35.7 Å². The molecular weight excluding hydrogens is 222 g/mol. The van der Waals surface area contributed by atoms with E-state index in [2.05, 4.69) is 43.1 Å². The molecule has 0 aliphatic carbocycles. The Morgan fingerprint density at radius 3 is 2.28 bits per heavy atom. The summed E-state index contributed by atoms with van der Waals surface area (Å²) in [5.74, 6) is 2.34. The number of aromatic nitrogens is 2. The number of aryl methyl sites for hydroxylation is 1. The van der Waals surface area contributed by atoms with Crippen molar-refractivity contribution in [3.8, 4) is 11.3 Å². The molecule has 3 heteroatoms. The van der Waals surface area contributed by atoms with Gasteiger partial charge in [0.2, 0.25) is 0 Å². The molecule has 18 heavy (non-hydrogen) atoms. The van der Waals surface area contributed by atoms with Crippen LogP contribution in [0.25, 0.3) is 11.3 Å². The summed E-state index contributed by atoms with van der Waals surface area (Å²) >= 11 is 0. The first-order valence-corrected chi connectivity index (χ1v) is 6.37. The van der Waals surface area contributed by atoms with E-state index >= 15 is 0 Å². The van der Waals surface area contributed by atoms with Crippen LogP contribution in [0.4, 0.5) is 5.82 Å². The maximum absolute atomic E-state index is 6.05. The van der Waals surface area contributed by atoms with Crippen molar-refractivity contribution in [2.45, 2.75) is 27.2 Å². The van der Waals surface area contributed by atoms with E-state index in [1.807, 2.05) is 18.5 Å². The predicted octanol–water partition coefficient (Wildman–Crippen LogP) is 3.18. The summed E-state index contributed by atoms with van der Waals surface area (Å²) in [4.78, 5) is 4.51. The maximum atomic E-state index is 6.05. The molecule has 0 fully saturated rings. The van der Waals surface area contributed by atoms with Crippen LogP contribution in [0.3, 0.4) is 0 Å². The molecule has 0 saturated heterocycles. The largest absolute Gasteiger partial charge is 0.383 e.